The molecule has 3 aromatic heterocycles. The van der Waals surface area contributed by atoms with Gasteiger partial charge in [0.05, 0.1) is 16.1 Å². The fourth-order valence-corrected chi connectivity index (χ4v) is 4.34. The minimum atomic E-state index is -0.112. The zero-order valence-corrected chi connectivity index (χ0v) is 16.3. The van der Waals surface area contributed by atoms with Gasteiger partial charge in [0, 0.05) is 19.6 Å². The highest BCUT2D eigenvalue weighted by molar-refractivity contribution is 7.22. The number of para-hydroxylation sites is 1. The van der Waals surface area contributed by atoms with E-state index in [0.717, 1.165) is 21.6 Å². The number of hydrogen-bond donors (Lipinski definition) is 1. The molecule has 0 radical (unpaired) electrons. The number of benzene rings is 1. The Labute approximate surface area is 164 Å². The van der Waals surface area contributed by atoms with Gasteiger partial charge in [-0.15, -0.1) is 5.10 Å². The van der Waals surface area contributed by atoms with Gasteiger partial charge in [-0.2, -0.15) is 0 Å². The molecule has 1 aliphatic heterocycles. The molecule has 4 heterocycles. The summed E-state index contributed by atoms with van der Waals surface area (Å²) in [6, 6.07) is 6.04. The van der Waals surface area contributed by atoms with Crippen LogP contribution in [0, 0.1) is 12.8 Å². The van der Waals surface area contributed by atoms with Crippen LogP contribution in [0.15, 0.2) is 24.5 Å². The molecule has 1 amide bonds. The smallest absolute Gasteiger partial charge is 0.232 e. The van der Waals surface area contributed by atoms with E-state index in [2.05, 4.69) is 30.6 Å². The Morgan fingerprint density at radius 3 is 2.93 bits per heavy atom. The molecule has 0 atom stereocenters. The molecule has 0 spiro atoms. The summed E-state index contributed by atoms with van der Waals surface area (Å²) < 4.78 is 2.81. The monoisotopic (exact) mass is 394 g/mol. The van der Waals surface area contributed by atoms with Gasteiger partial charge in [0.1, 0.15) is 6.33 Å². The normalized spacial score (nSPS) is 14.6. The summed E-state index contributed by atoms with van der Waals surface area (Å²) in [7, 11) is 0. The second-order valence-corrected chi connectivity index (χ2v) is 7.84. The summed E-state index contributed by atoms with van der Waals surface area (Å²) >= 11 is 1.50. The fraction of sp³-hybridized carbons (Fsp3) is 0.333. The van der Waals surface area contributed by atoms with Crippen molar-refractivity contribution in [3.63, 3.8) is 0 Å². The largest absolute Gasteiger partial charge is 0.353 e. The van der Waals surface area contributed by atoms with Gasteiger partial charge >= 0.3 is 0 Å². The Kier molecular flexibility index (Phi) is 3.93. The van der Waals surface area contributed by atoms with E-state index < -0.39 is 0 Å². The summed E-state index contributed by atoms with van der Waals surface area (Å²) in [6.45, 7) is 5.87. The molecule has 1 saturated heterocycles. The van der Waals surface area contributed by atoms with Gasteiger partial charge < -0.3 is 10.2 Å². The number of carbonyl (C=O) groups is 1. The predicted molar refractivity (Wildman–Crippen MR) is 107 cm³/mol. The van der Waals surface area contributed by atoms with Crippen LogP contribution in [0.3, 0.4) is 0 Å². The van der Waals surface area contributed by atoms with Gasteiger partial charge in [-0.25, -0.2) is 19.6 Å². The molecule has 0 aliphatic carbocycles. The van der Waals surface area contributed by atoms with Crippen molar-refractivity contribution < 1.29 is 4.79 Å². The lowest BCUT2D eigenvalue weighted by Gasteiger charge is -2.38. The molecule has 0 bridgehead atoms. The number of anilines is 2. The Morgan fingerprint density at radius 2 is 2.14 bits per heavy atom. The third kappa shape index (κ3) is 2.68. The molecule has 4 aromatic rings. The van der Waals surface area contributed by atoms with E-state index in [0.29, 0.717) is 35.9 Å². The molecule has 10 heteroatoms. The first-order valence-electron chi connectivity index (χ1n) is 9.10. The quantitative estimate of drug-likeness (QED) is 0.566. The maximum Gasteiger partial charge on any atom is 0.232 e. The van der Waals surface area contributed by atoms with Crippen molar-refractivity contribution in [1.82, 2.24) is 29.9 Å². The molecule has 9 nitrogen and oxygen atoms in total. The van der Waals surface area contributed by atoms with Crippen molar-refractivity contribution in [3.05, 3.63) is 30.1 Å². The molecule has 0 saturated carbocycles. The number of aromatic nitrogens is 6. The van der Waals surface area contributed by atoms with Crippen LogP contribution in [-0.4, -0.2) is 48.9 Å². The van der Waals surface area contributed by atoms with Crippen molar-refractivity contribution >= 4 is 49.6 Å². The summed E-state index contributed by atoms with van der Waals surface area (Å²) in [4.78, 5) is 27.8. The minimum absolute atomic E-state index is 0.0181. The maximum absolute atomic E-state index is 12.6. The number of carbonyl (C=O) groups excluding carboxylic acids is 1. The van der Waals surface area contributed by atoms with Crippen LogP contribution in [0.2, 0.25) is 0 Å². The van der Waals surface area contributed by atoms with Crippen LogP contribution in [0.4, 0.5) is 10.9 Å². The number of nitrogens with zero attached hydrogens (tertiary/aromatic N) is 7. The number of fused-ring (bicyclic) bond motifs is 2. The average molecular weight is 394 g/mol. The molecular formula is C18H18N8OS. The van der Waals surface area contributed by atoms with Gasteiger partial charge in [-0.1, -0.05) is 28.7 Å². The molecule has 1 aliphatic rings. The Balaban J connectivity index is 1.29. The van der Waals surface area contributed by atoms with E-state index in [1.807, 2.05) is 36.9 Å². The molecule has 1 N–H and O–H groups in total. The van der Waals surface area contributed by atoms with Gasteiger partial charge in [-0.3, -0.25) is 4.79 Å². The Bertz CT molecular complexity index is 1190. The first-order chi connectivity index (χ1) is 13.6. The number of aryl methyl sites for hydroxylation is 2. The zero-order chi connectivity index (χ0) is 19.3. The highest BCUT2D eigenvalue weighted by atomic mass is 32.1. The Hall–Kier alpha value is -3.14. The van der Waals surface area contributed by atoms with Crippen LogP contribution in [0.25, 0.3) is 21.4 Å². The van der Waals surface area contributed by atoms with Crippen molar-refractivity contribution in [2.45, 2.75) is 20.4 Å². The lowest BCUT2D eigenvalue weighted by molar-refractivity contribution is -0.120. The predicted octanol–water partition coefficient (Wildman–Crippen LogP) is 2.23. The maximum atomic E-state index is 12.6. The first kappa shape index (κ1) is 17.0. The second-order valence-electron chi connectivity index (χ2n) is 6.81. The lowest BCUT2D eigenvalue weighted by Crippen LogP contribution is -2.52. The molecule has 28 heavy (non-hydrogen) atoms. The molecule has 1 aromatic carbocycles. The standard InChI is InChI=1S/C18H18N8OS/c1-3-26-16-14(23-24-26)15(19-9-20-16)25-7-11(8-25)17(27)22-18-21-13-10(2)5-4-6-12(13)28-18/h4-6,9,11H,3,7-8H2,1-2H3,(H,21,22,27). The van der Waals surface area contributed by atoms with Crippen LogP contribution in [0.1, 0.15) is 12.5 Å². The molecular weight excluding hydrogens is 376 g/mol. The van der Waals surface area contributed by atoms with Crippen molar-refractivity contribution in [2.24, 2.45) is 5.92 Å². The SMILES string of the molecule is CCn1nnc2c(N3CC(C(=O)Nc4nc5c(C)cccc5s4)C3)ncnc21. The highest BCUT2D eigenvalue weighted by Gasteiger charge is 2.35. The summed E-state index contributed by atoms with van der Waals surface area (Å²) in [5.41, 5.74) is 3.44. The number of amides is 1. The van der Waals surface area contributed by atoms with Crippen molar-refractivity contribution in [3.8, 4) is 0 Å². The van der Waals surface area contributed by atoms with E-state index in [1.54, 1.807) is 4.68 Å². The van der Waals surface area contributed by atoms with E-state index in [9.17, 15) is 4.79 Å². The van der Waals surface area contributed by atoms with Crippen LogP contribution < -0.4 is 10.2 Å². The third-order valence-electron chi connectivity index (χ3n) is 4.98. The van der Waals surface area contributed by atoms with Crippen molar-refractivity contribution in [1.29, 1.82) is 0 Å². The fourth-order valence-electron chi connectivity index (χ4n) is 3.39. The van der Waals surface area contributed by atoms with E-state index >= 15 is 0 Å². The number of nitrogens with one attached hydrogen (secondary N) is 1. The lowest BCUT2D eigenvalue weighted by atomic mass is 9.99. The highest BCUT2D eigenvalue weighted by Crippen LogP contribution is 2.31. The molecule has 142 valence electrons. The number of hydrogen-bond acceptors (Lipinski definition) is 8. The van der Waals surface area contributed by atoms with Crippen molar-refractivity contribution in [2.75, 3.05) is 23.3 Å². The third-order valence-corrected chi connectivity index (χ3v) is 5.92. The number of thiazole rings is 1. The van der Waals surface area contributed by atoms with E-state index in [1.165, 1.54) is 17.7 Å². The van der Waals surface area contributed by atoms with Gasteiger partial charge in [-0.05, 0) is 25.5 Å². The molecule has 0 unspecified atom stereocenters. The van der Waals surface area contributed by atoms with Crippen LogP contribution in [0.5, 0.6) is 0 Å². The number of rotatable bonds is 4. The topological polar surface area (TPSA) is 102 Å². The van der Waals surface area contributed by atoms with Crippen LogP contribution in [-0.2, 0) is 11.3 Å². The van der Waals surface area contributed by atoms with Crippen LogP contribution >= 0.6 is 11.3 Å². The Morgan fingerprint density at radius 1 is 1.29 bits per heavy atom. The second kappa shape index (κ2) is 6.48. The summed E-state index contributed by atoms with van der Waals surface area (Å²) in [5, 5.41) is 11.9. The van der Waals surface area contributed by atoms with E-state index in [-0.39, 0.29) is 11.8 Å². The minimum Gasteiger partial charge on any atom is -0.353 e. The van der Waals surface area contributed by atoms with Gasteiger partial charge in [0.15, 0.2) is 22.1 Å². The zero-order valence-electron chi connectivity index (χ0n) is 15.5. The summed E-state index contributed by atoms with van der Waals surface area (Å²) in [5.74, 6) is 0.596. The van der Waals surface area contributed by atoms with Gasteiger partial charge in [0.2, 0.25) is 5.91 Å². The first-order valence-corrected chi connectivity index (χ1v) is 9.92. The van der Waals surface area contributed by atoms with Gasteiger partial charge in [0.25, 0.3) is 0 Å². The molecule has 5 rings (SSSR count). The summed E-state index contributed by atoms with van der Waals surface area (Å²) in [6.07, 6.45) is 1.52. The van der Waals surface area contributed by atoms with E-state index in [4.69, 9.17) is 0 Å². The molecule has 1 fully saturated rings. The average Bonchev–Trinajstić information content (AvgIpc) is 3.25.